The Morgan fingerprint density at radius 2 is 1.78 bits per heavy atom. The molecule has 0 saturated carbocycles. The van der Waals surface area contributed by atoms with Gasteiger partial charge >= 0.3 is 0 Å². The van der Waals surface area contributed by atoms with Crippen molar-refractivity contribution in [2.45, 2.75) is 52.7 Å². The van der Waals surface area contributed by atoms with Crippen molar-refractivity contribution in [2.75, 3.05) is 13.2 Å². The van der Waals surface area contributed by atoms with Crippen LogP contribution in [0.25, 0.3) is 0 Å². The van der Waals surface area contributed by atoms with Gasteiger partial charge in [-0.3, -0.25) is 0 Å². The highest BCUT2D eigenvalue weighted by atomic mass is 16.5. The van der Waals surface area contributed by atoms with E-state index in [0.29, 0.717) is 6.04 Å². The first kappa shape index (κ1) is 15.2. The van der Waals surface area contributed by atoms with Gasteiger partial charge < -0.3 is 10.1 Å². The summed E-state index contributed by atoms with van der Waals surface area (Å²) < 4.78 is 5.69. The smallest absolute Gasteiger partial charge is 0.0599 e. The van der Waals surface area contributed by atoms with Crippen molar-refractivity contribution in [3.63, 3.8) is 0 Å². The predicted octanol–water partition coefficient (Wildman–Crippen LogP) is 3.71. The van der Waals surface area contributed by atoms with Crippen molar-refractivity contribution in [1.82, 2.24) is 5.32 Å². The van der Waals surface area contributed by atoms with Gasteiger partial charge in [0.15, 0.2) is 0 Å². The summed E-state index contributed by atoms with van der Waals surface area (Å²) in [4.78, 5) is 0. The van der Waals surface area contributed by atoms with Gasteiger partial charge in [-0.25, -0.2) is 0 Å². The van der Waals surface area contributed by atoms with Gasteiger partial charge in [-0.15, -0.1) is 0 Å². The lowest BCUT2D eigenvalue weighted by atomic mass is 10.1. The van der Waals surface area contributed by atoms with Crippen LogP contribution in [0.5, 0.6) is 0 Å². The third-order valence-electron chi connectivity index (χ3n) is 2.98. The van der Waals surface area contributed by atoms with E-state index in [1.807, 2.05) is 0 Å². The zero-order valence-electron chi connectivity index (χ0n) is 12.4. The van der Waals surface area contributed by atoms with Crippen molar-refractivity contribution < 1.29 is 4.74 Å². The highest BCUT2D eigenvalue weighted by molar-refractivity contribution is 5.24. The molecule has 0 spiro atoms. The lowest BCUT2D eigenvalue weighted by Gasteiger charge is -2.21. The van der Waals surface area contributed by atoms with Crippen LogP contribution in [0.4, 0.5) is 0 Å². The molecule has 0 bridgehead atoms. The van der Waals surface area contributed by atoms with Crippen molar-refractivity contribution in [3.8, 4) is 0 Å². The molecule has 0 aromatic heterocycles. The molecule has 102 valence electrons. The van der Waals surface area contributed by atoms with Crippen LogP contribution in [0.1, 0.15) is 51.8 Å². The average Bonchev–Trinajstić information content (AvgIpc) is 2.33. The number of ether oxygens (including phenoxy) is 1. The Morgan fingerprint density at radius 1 is 1.17 bits per heavy atom. The maximum absolute atomic E-state index is 5.69. The minimum absolute atomic E-state index is 0.0479. The average molecular weight is 249 g/mol. The summed E-state index contributed by atoms with van der Waals surface area (Å²) in [5.41, 5.74) is 2.68. The largest absolute Gasteiger partial charge is 0.375 e. The fourth-order valence-electron chi connectivity index (χ4n) is 1.79. The molecule has 0 fully saturated rings. The Kier molecular flexibility index (Phi) is 5.83. The summed E-state index contributed by atoms with van der Waals surface area (Å²) in [6.45, 7) is 12.3. The van der Waals surface area contributed by atoms with E-state index in [-0.39, 0.29) is 5.60 Å². The first-order chi connectivity index (χ1) is 8.42. The Labute approximate surface area is 112 Å². The van der Waals surface area contributed by atoms with Gasteiger partial charge in [0.05, 0.1) is 12.2 Å². The summed E-state index contributed by atoms with van der Waals surface area (Å²) in [6.07, 6.45) is 1.10. The lowest BCUT2D eigenvalue weighted by Crippen LogP contribution is -2.28. The zero-order valence-corrected chi connectivity index (χ0v) is 12.4. The van der Waals surface area contributed by atoms with Gasteiger partial charge in [0, 0.05) is 12.6 Å². The molecule has 1 aromatic rings. The van der Waals surface area contributed by atoms with Crippen LogP contribution in [0.3, 0.4) is 0 Å². The van der Waals surface area contributed by atoms with Crippen molar-refractivity contribution in [2.24, 2.45) is 0 Å². The van der Waals surface area contributed by atoms with Gasteiger partial charge in [-0.2, -0.15) is 0 Å². The van der Waals surface area contributed by atoms with Gasteiger partial charge in [-0.1, -0.05) is 31.2 Å². The van der Waals surface area contributed by atoms with Gasteiger partial charge in [-0.05, 0) is 45.2 Å². The summed E-state index contributed by atoms with van der Waals surface area (Å²) in [6, 6.07) is 9.21. The van der Waals surface area contributed by atoms with Crippen LogP contribution in [0.2, 0.25) is 0 Å². The van der Waals surface area contributed by atoms with Gasteiger partial charge in [0.1, 0.15) is 0 Å². The van der Waals surface area contributed by atoms with E-state index in [2.05, 4.69) is 64.2 Å². The normalized spacial score (nSPS) is 13.6. The van der Waals surface area contributed by atoms with E-state index in [1.54, 1.807) is 0 Å². The van der Waals surface area contributed by atoms with Gasteiger partial charge in [0.2, 0.25) is 0 Å². The topological polar surface area (TPSA) is 21.3 Å². The Hall–Kier alpha value is -0.860. The van der Waals surface area contributed by atoms with Crippen LogP contribution in [-0.4, -0.2) is 18.8 Å². The Balaban J connectivity index is 2.33. The monoisotopic (exact) mass is 249 g/mol. The molecular formula is C16H27NO. The molecule has 1 N–H and O–H groups in total. The molecule has 1 unspecified atom stereocenters. The van der Waals surface area contributed by atoms with E-state index in [4.69, 9.17) is 4.74 Å². The SMILES string of the molecule is CCc1ccc(C(C)NCCOC(C)(C)C)cc1. The van der Waals surface area contributed by atoms with E-state index in [1.165, 1.54) is 11.1 Å². The minimum Gasteiger partial charge on any atom is -0.375 e. The second-order valence-electron chi connectivity index (χ2n) is 5.73. The van der Waals surface area contributed by atoms with Crippen molar-refractivity contribution in [3.05, 3.63) is 35.4 Å². The number of aryl methyl sites for hydroxylation is 1. The number of rotatable bonds is 6. The number of hydrogen-bond acceptors (Lipinski definition) is 2. The fourth-order valence-corrected chi connectivity index (χ4v) is 1.79. The third-order valence-corrected chi connectivity index (χ3v) is 2.98. The van der Waals surface area contributed by atoms with Crippen LogP contribution in [0.15, 0.2) is 24.3 Å². The molecule has 2 heteroatoms. The maximum atomic E-state index is 5.69. The molecule has 2 nitrogen and oxygen atoms in total. The van der Waals surface area contributed by atoms with E-state index in [0.717, 1.165) is 19.6 Å². The Bertz CT molecular complexity index is 337. The van der Waals surface area contributed by atoms with Crippen LogP contribution < -0.4 is 5.32 Å². The molecule has 1 rings (SSSR count). The molecular weight excluding hydrogens is 222 g/mol. The fraction of sp³-hybridized carbons (Fsp3) is 0.625. The zero-order chi connectivity index (χ0) is 13.6. The van der Waals surface area contributed by atoms with Crippen LogP contribution in [0, 0.1) is 0 Å². The van der Waals surface area contributed by atoms with Crippen LogP contribution >= 0.6 is 0 Å². The predicted molar refractivity (Wildman–Crippen MR) is 77.9 cm³/mol. The first-order valence-electron chi connectivity index (χ1n) is 6.88. The molecule has 0 saturated heterocycles. The van der Waals surface area contributed by atoms with Gasteiger partial charge in [0.25, 0.3) is 0 Å². The Morgan fingerprint density at radius 3 is 2.28 bits per heavy atom. The summed E-state index contributed by atoms with van der Waals surface area (Å²) >= 11 is 0. The van der Waals surface area contributed by atoms with Crippen molar-refractivity contribution >= 4 is 0 Å². The third kappa shape index (κ3) is 5.65. The molecule has 0 aliphatic carbocycles. The molecule has 0 aliphatic heterocycles. The number of hydrogen-bond donors (Lipinski definition) is 1. The summed E-state index contributed by atoms with van der Waals surface area (Å²) in [5, 5.41) is 3.48. The quantitative estimate of drug-likeness (QED) is 0.776. The lowest BCUT2D eigenvalue weighted by molar-refractivity contribution is -0.00149. The van der Waals surface area contributed by atoms with E-state index < -0.39 is 0 Å². The second kappa shape index (κ2) is 6.91. The highest BCUT2D eigenvalue weighted by Gasteiger charge is 2.10. The second-order valence-corrected chi connectivity index (χ2v) is 5.73. The first-order valence-corrected chi connectivity index (χ1v) is 6.88. The number of benzene rings is 1. The van der Waals surface area contributed by atoms with Crippen molar-refractivity contribution in [1.29, 1.82) is 0 Å². The highest BCUT2D eigenvalue weighted by Crippen LogP contribution is 2.13. The molecule has 0 aliphatic rings. The standard InChI is InChI=1S/C16H27NO/c1-6-14-7-9-15(10-8-14)13(2)17-11-12-18-16(3,4)5/h7-10,13,17H,6,11-12H2,1-5H3. The molecule has 0 heterocycles. The molecule has 1 atom stereocenters. The molecule has 1 aromatic carbocycles. The minimum atomic E-state index is -0.0479. The molecule has 0 amide bonds. The van der Waals surface area contributed by atoms with Crippen LogP contribution in [-0.2, 0) is 11.2 Å². The molecule has 18 heavy (non-hydrogen) atoms. The summed E-state index contributed by atoms with van der Waals surface area (Å²) in [7, 11) is 0. The summed E-state index contributed by atoms with van der Waals surface area (Å²) in [5.74, 6) is 0. The number of nitrogens with one attached hydrogen (secondary N) is 1. The molecule has 0 radical (unpaired) electrons. The maximum Gasteiger partial charge on any atom is 0.0599 e. The van der Waals surface area contributed by atoms with E-state index >= 15 is 0 Å². The van der Waals surface area contributed by atoms with E-state index in [9.17, 15) is 0 Å².